The average molecular weight is 418 g/mol. The van der Waals surface area contributed by atoms with Crippen LogP contribution in [-0.2, 0) is 5.75 Å². The number of methoxy groups -OCH3 is 1. The standard InChI is InChI=1S/C22H18N4O3S/c1-24-20-19(16-5-7-17(8-6-16)29-11-10-27)18(12-23)22(26-21(20)28-2)30-14-15-4-3-9-25-13-15/h3-9,13,27H,10-11,14H2,2H3. The van der Waals surface area contributed by atoms with Crippen LogP contribution in [0.25, 0.3) is 16.0 Å². The number of hydrogen-bond acceptors (Lipinski definition) is 7. The highest BCUT2D eigenvalue weighted by Crippen LogP contribution is 2.43. The third-order valence-corrected chi connectivity index (χ3v) is 5.17. The molecule has 0 aliphatic rings. The van der Waals surface area contributed by atoms with Crippen molar-refractivity contribution in [2.75, 3.05) is 20.3 Å². The number of rotatable bonds is 8. The molecule has 8 heteroatoms. The zero-order valence-electron chi connectivity index (χ0n) is 16.2. The Morgan fingerprint density at radius 1 is 1.27 bits per heavy atom. The summed E-state index contributed by atoms with van der Waals surface area (Å²) in [5.74, 6) is 1.33. The molecule has 1 aromatic carbocycles. The summed E-state index contributed by atoms with van der Waals surface area (Å²) in [5, 5.41) is 19.3. The zero-order valence-corrected chi connectivity index (χ0v) is 17.0. The van der Waals surface area contributed by atoms with Crippen LogP contribution in [0, 0.1) is 17.9 Å². The Labute approximate surface area is 178 Å². The van der Waals surface area contributed by atoms with E-state index in [2.05, 4.69) is 20.9 Å². The molecule has 0 spiro atoms. The molecule has 0 amide bonds. The number of thioether (sulfide) groups is 1. The number of hydrogen-bond donors (Lipinski definition) is 1. The zero-order chi connectivity index (χ0) is 21.3. The molecule has 0 unspecified atom stereocenters. The van der Waals surface area contributed by atoms with Gasteiger partial charge in [-0.2, -0.15) is 5.26 Å². The first-order chi connectivity index (χ1) is 14.7. The lowest BCUT2D eigenvalue weighted by atomic mass is 10.00. The molecule has 3 rings (SSSR count). The minimum absolute atomic E-state index is 0.0821. The summed E-state index contributed by atoms with van der Waals surface area (Å²) in [6.07, 6.45) is 3.46. The van der Waals surface area contributed by atoms with E-state index < -0.39 is 0 Å². The van der Waals surface area contributed by atoms with Crippen LogP contribution in [0.15, 0.2) is 53.8 Å². The Morgan fingerprint density at radius 3 is 2.67 bits per heavy atom. The van der Waals surface area contributed by atoms with Crippen LogP contribution in [0.3, 0.4) is 0 Å². The van der Waals surface area contributed by atoms with Crippen molar-refractivity contribution in [3.8, 4) is 28.8 Å². The molecule has 0 fully saturated rings. The molecule has 0 aliphatic heterocycles. The topological polar surface area (TPSA) is 92.6 Å². The third-order valence-electron chi connectivity index (χ3n) is 4.12. The van der Waals surface area contributed by atoms with E-state index in [0.717, 1.165) is 5.56 Å². The number of aliphatic hydroxyl groups is 1. The van der Waals surface area contributed by atoms with Crippen LogP contribution in [0.1, 0.15) is 11.1 Å². The molecule has 0 atom stereocenters. The fourth-order valence-electron chi connectivity index (χ4n) is 2.79. The van der Waals surface area contributed by atoms with Gasteiger partial charge in [0.1, 0.15) is 23.5 Å². The summed E-state index contributed by atoms with van der Waals surface area (Å²) in [6, 6.07) is 13.0. The molecular weight excluding hydrogens is 400 g/mol. The predicted octanol–water partition coefficient (Wildman–Crippen LogP) is 4.24. The van der Waals surface area contributed by atoms with Crippen LogP contribution in [0.2, 0.25) is 0 Å². The summed E-state index contributed by atoms with van der Waals surface area (Å²) in [6.45, 7) is 7.72. The largest absolute Gasteiger partial charge is 0.491 e. The Hall–Kier alpha value is -3.59. The van der Waals surface area contributed by atoms with Gasteiger partial charge in [0, 0.05) is 23.7 Å². The number of aromatic nitrogens is 2. The monoisotopic (exact) mass is 418 g/mol. The molecular formula is C22H18N4O3S. The van der Waals surface area contributed by atoms with E-state index in [1.165, 1.54) is 18.9 Å². The first-order valence-electron chi connectivity index (χ1n) is 8.97. The van der Waals surface area contributed by atoms with Crippen molar-refractivity contribution in [3.05, 3.63) is 71.3 Å². The second-order valence-electron chi connectivity index (χ2n) is 5.99. The van der Waals surface area contributed by atoms with Gasteiger partial charge < -0.3 is 14.6 Å². The molecule has 7 nitrogen and oxygen atoms in total. The number of nitriles is 1. The van der Waals surface area contributed by atoms with Crippen molar-refractivity contribution >= 4 is 17.4 Å². The van der Waals surface area contributed by atoms with Gasteiger partial charge in [0.05, 0.1) is 25.9 Å². The first-order valence-corrected chi connectivity index (χ1v) is 9.95. The summed E-state index contributed by atoms with van der Waals surface area (Å²) in [5.41, 5.74) is 2.65. The van der Waals surface area contributed by atoms with E-state index in [-0.39, 0.29) is 24.8 Å². The van der Waals surface area contributed by atoms with Crippen LogP contribution < -0.4 is 9.47 Å². The van der Waals surface area contributed by atoms with E-state index in [1.54, 1.807) is 36.7 Å². The lowest BCUT2D eigenvalue weighted by Gasteiger charge is -2.14. The van der Waals surface area contributed by atoms with Gasteiger partial charge in [0.2, 0.25) is 5.88 Å². The van der Waals surface area contributed by atoms with E-state index in [0.29, 0.717) is 33.2 Å². The Bertz CT molecular complexity index is 1090. The van der Waals surface area contributed by atoms with Gasteiger partial charge >= 0.3 is 0 Å². The van der Waals surface area contributed by atoms with Gasteiger partial charge in [0.15, 0.2) is 0 Å². The summed E-state index contributed by atoms with van der Waals surface area (Å²) < 4.78 is 10.7. The Balaban J connectivity index is 2.06. The Kier molecular flexibility index (Phi) is 7.23. The number of ether oxygens (including phenoxy) is 2. The second kappa shape index (κ2) is 10.3. The van der Waals surface area contributed by atoms with Crippen molar-refractivity contribution in [2.45, 2.75) is 10.8 Å². The van der Waals surface area contributed by atoms with Crippen molar-refractivity contribution in [3.63, 3.8) is 0 Å². The minimum Gasteiger partial charge on any atom is -0.491 e. The molecule has 0 saturated carbocycles. The molecule has 3 aromatic rings. The van der Waals surface area contributed by atoms with Crippen LogP contribution in [0.4, 0.5) is 5.69 Å². The Morgan fingerprint density at radius 2 is 2.07 bits per heavy atom. The quantitative estimate of drug-likeness (QED) is 0.432. The van der Waals surface area contributed by atoms with Crippen LogP contribution >= 0.6 is 11.8 Å². The summed E-state index contributed by atoms with van der Waals surface area (Å²) in [4.78, 5) is 12.1. The number of pyridine rings is 2. The molecule has 0 bridgehead atoms. The van der Waals surface area contributed by atoms with E-state index in [1.807, 2.05) is 12.1 Å². The van der Waals surface area contributed by atoms with Crippen LogP contribution in [-0.4, -0.2) is 35.4 Å². The normalized spacial score (nSPS) is 10.1. The number of aliphatic hydroxyl groups excluding tert-OH is 1. The molecule has 2 heterocycles. The molecule has 2 aromatic heterocycles. The van der Waals surface area contributed by atoms with Crippen molar-refractivity contribution in [1.29, 1.82) is 5.26 Å². The molecule has 30 heavy (non-hydrogen) atoms. The molecule has 0 aliphatic carbocycles. The van der Waals surface area contributed by atoms with Crippen LogP contribution in [0.5, 0.6) is 11.6 Å². The average Bonchev–Trinajstić information content (AvgIpc) is 2.81. The summed E-state index contributed by atoms with van der Waals surface area (Å²) >= 11 is 1.39. The van der Waals surface area contributed by atoms with E-state index in [4.69, 9.17) is 21.2 Å². The predicted molar refractivity (Wildman–Crippen MR) is 114 cm³/mol. The maximum absolute atomic E-state index is 9.90. The lowest BCUT2D eigenvalue weighted by Crippen LogP contribution is -2.01. The van der Waals surface area contributed by atoms with Gasteiger partial charge in [-0.1, -0.05) is 18.2 Å². The van der Waals surface area contributed by atoms with Gasteiger partial charge in [-0.05, 0) is 29.3 Å². The number of benzene rings is 1. The maximum Gasteiger partial charge on any atom is 0.256 e. The number of nitrogens with zero attached hydrogens (tertiary/aromatic N) is 4. The smallest absolute Gasteiger partial charge is 0.256 e. The molecule has 0 saturated heterocycles. The maximum atomic E-state index is 9.90. The fourth-order valence-corrected chi connectivity index (χ4v) is 3.70. The van der Waals surface area contributed by atoms with Crippen molar-refractivity contribution < 1.29 is 14.6 Å². The molecule has 150 valence electrons. The fraction of sp³-hybridized carbons (Fsp3) is 0.182. The highest BCUT2D eigenvalue weighted by Gasteiger charge is 2.22. The lowest BCUT2D eigenvalue weighted by molar-refractivity contribution is 0.201. The highest BCUT2D eigenvalue weighted by atomic mass is 32.2. The van der Waals surface area contributed by atoms with Gasteiger partial charge in [-0.3, -0.25) is 4.98 Å². The SMILES string of the molecule is [C-]#[N+]c1c(OC)nc(SCc2cccnc2)c(C#N)c1-c1ccc(OCCO)cc1. The van der Waals surface area contributed by atoms with E-state index in [9.17, 15) is 5.26 Å². The van der Waals surface area contributed by atoms with Crippen molar-refractivity contribution in [1.82, 2.24) is 9.97 Å². The van der Waals surface area contributed by atoms with Crippen molar-refractivity contribution in [2.24, 2.45) is 0 Å². The second-order valence-corrected chi connectivity index (χ2v) is 6.96. The molecule has 1 N–H and O–H groups in total. The molecule has 0 radical (unpaired) electrons. The van der Waals surface area contributed by atoms with Gasteiger partial charge in [-0.25, -0.2) is 9.83 Å². The summed E-state index contributed by atoms with van der Waals surface area (Å²) in [7, 11) is 1.45. The van der Waals surface area contributed by atoms with Gasteiger partial charge in [0.25, 0.3) is 5.69 Å². The first kappa shape index (κ1) is 21.1. The van der Waals surface area contributed by atoms with E-state index >= 15 is 0 Å². The van der Waals surface area contributed by atoms with Gasteiger partial charge in [-0.15, -0.1) is 11.8 Å². The third kappa shape index (κ3) is 4.69. The minimum atomic E-state index is -0.0821. The highest BCUT2D eigenvalue weighted by molar-refractivity contribution is 7.98.